The molecular weight excluding hydrogens is 320 g/mol. The second-order valence-electron chi connectivity index (χ2n) is 6.47. The fraction of sp³-hybridized carbons (Fsp3) is 0.667. The van der Waals surface area contributed by atoms with Gasteiger partial charge in [-0.3, -0.25) is 4.79 Å². The summed E-state index contributed by atoms with van der Waals surface area (Å²) in [5, 5.41) is 0. The highest BCUT2D eigenvalue weighted by Crippen LogP contribution is 2.14. The van der Waals surface area contributed by atoms with Crippen molar-refractivity contribution < 1.29 is 14.4 Å². The number of rotatable bonds is 10. The SMILES string of the molecule is CN(CCCCCCC(=O)NOC1CCCCO1)c1ccc(N)nc1. The minimum atomic E-state index is -0.281. The van der Waals surface area contributed by atoms with E-state index in [4.69, 9.17) is 15.3 Å². The van der Waals surface area contributed by atoms with E-state index < -0.39 is 0 Å². The van der Waals surface area contributed by atoms with Gasteiger partial charge in [-0.25, -0.2) is 15.3 Å². The Bertz CT molecular complexity index is 504. The Morgan fingerprint density at radius 1 is 1.36 bits per heavy atom. The zero-order chi connectivity index (χ0) is 17.9. The number of carbonyl (C=O) groups is 1. The largest absolute Gasteiger partial charge is 0.384 e. The van der Waals surface area contributed by atoms with Crippen LogP contribution in [0.2, 0.25) is 0 Å². The number of anilines is 2. The number of nitrogens with zero attached hydrogens (tertiary/aromatic N) is 2. The molecule has 1 aromatic rings. The number of pyridine rings is 1. The molecule has 0 saturated carbocycles. The lowest BCUT2D eigenvalue weighted by Crippen LogP contribution is -2.32. The van der Waals surface area contributed by atoms with E-state index in [9.17, 15) is 4.79 Å². The molecule has 7 heteroatoms. The lowest BCUT2D eigenvalue weighted by molar-refractivity contribution is -0.200. The van der Waals surface area contributed by atoms with Gasteiger partial charge in [0.15, 0.2) is 6.29 Å². The fourth-order valence-corrected chi connectivity index (χ4v) is 2.73. The van der Waals surface area contributed by atoms with Gasteiger partial charge in [0.1, 0.15) is 5.82 Å². The highest BCUT2D eigenvalue weighted by Gasteiger charge is 2.15. The average molecular weight is 350 g/mol. The minimum Gasteiger partial charge on any atom is -0.384 e. The van der Waals surface area contributed by atoms with Crippen LogP contribution in [0.25, 0.3) is 0 Å². The summed E-state index contributed by atoms with van der Waals surface area (Å²) < 4.78 is 5.40. The van der Waals surface area contributed by atoms with Crippen LogP contribution in [0.3, 0.4) is 0 Å². The molecule has 0 aromatic carbocycles. The van der Waals surface area contributed by atoms with Crippen LogP contribution in [0.5, 0.6) is 0 Å². The summed E-state index contributed by atoms with van der Waals surface area (Å²) in [6.07, 6.45) is 9.06. The Hall–Kier alpha value is -1.86. The van der Waals surface area contributed by atoms with E-state index in [0.29, 0.717) is 18.8 Å². The zero-order valence-electron chi connectivity index (χ0n) is 15.1. The molecule has 1 unspecified atom stereocenters. The quantitative estimate of drug-likeness (QED) is 0.498. The van der Waals surface area contributed by atoms with Gasteiger partial charge in [-0.2, -0.15) is 0 Å². The molecular formula is C18H30N4O3. The maximum atomic E-state index is 11.7. The molecule has 2 rings (SSSR count). The maximum absolute atomic E-state index is 11.7. The third-order valence-corrected chi connectivity index (χ3v) is 4.30. The first kappa shape index (κ1) is 19.5. The van der Waals surface area contributed by atoms with Crippen molar-refractivity contribution in [3.8, 4) is 0 Å². The van der Waals surface area contributed by atoms with Crippen LogP contribution in [0, 0.1) is 0 Å². The predicted octanol–water partition coefficient (Wildman–Crippen LogP) is 2.62. The van der Waals surface area contributed by atoms with E-state index in [1.807, 2.05) is 19.2 Å². The van der Waals surface area contributed by atoms with Gasteiger partial charge in [0.2, 0.25) is 5.91 Å². The Morgan fingerprint density at radius 2 is 2.20 bits per heavy atom. The second-order valence-corrected chi connectivity index (χ2v) is 6.47. The second kappa shape index (κ2) is 10.9. The van der Waals surface area contributed by atoms with Crippen LogP contribution in [0.4, 0.5) is 11.5 Å². The Labute approximate surface area is 149 Å². The lowest BCUT2D eigenvalue weighted by atomic mass is 10.1. The molecule has 1 aliphatic heterocycles. The summed E-state index contributed by atoms with van der Waals surface area (Å²) in [5.41, 5.74) is 9.16. The maximum Gasteiger partial charge on any atom is 0.243 e. The van der Waals surface area contributed by atoms with Crippen molar-refractivity contribution in [3.05, 3.63) is 18.3 Å². The predicted molar refractivity (Wildman–Crippen MR) is 97.8 cm³/mol. The number of unbranched alkanes of at least 4 members (excludes halogenated alkanes) is 3. The molecule has 0 radical (unpaired) electrons. The number of nitrogen functional groups attached to an aromatic ring is 1. The van der Waals surface area contributed by atoms with Crippen molar-refractivity contribution in [2.45, 2.75) is 57.7 Å². The lowest BCUT2D eigenvalue weighted by Gasteiger charge is -2.22. The van der Waals surface area contributed by atoms with Crippen LogP contribution in [0.15, 0.2) is 18.3 Å². The van der Waals surface area contributed by atoms with Gasteiger partial charge in [0.25, 0.3) is 0 Å². The first-order valence-corrected chi connectivity index (χ1v) is 9.14. The van der Waals surface area contributed by atoms with Gasteiger partial charge < -0.3 is 15.4 Å². The Balaban J connectivity index is 1.47. The highest BCUT2D eigenvalue weighted by atomic mass is 16.8. The number of hydrogen-bond donors (Lipinski definition) is 2. The van der Waals surface area contributed by atoms with Crippen LogP contribution in [-0.4, -0.2) is 37.4 Å². The number of nitrogens with one attached hydrogen (secondary N) is 1. The van der Waals surface area contributed by atoms with E-state index >= 15 is 0 Å². The number of hydroxylamine groups is 1. The van der Waals surface area contributed by atoms with Crippen molar-refractivity contribution in [2.24, 2.45) is 0 Å². The van der Waals surface area contributed by atoms with E-state index in [0.717, 1.165) is 57.2 Å². The van der Waals surface area contributed by atoms with E-state index in [2.05, 4.69) is 15.4 Å². The first-order chi connectivity index (χ1) is 12.1. The number of ether oxygens (including phenoxy) is 1. The smallest absolute Gasteiger partial charge is 0.243 e. The van der Waals surface area contributed by atoms with Crippen molar-refractivity contribution in [2.75, 3.05) is 30.8 Å². The van der Waals surface area contributed by atoms with Gasteiger partial charge in [0.05, 0.1) is 11.9 Å². The van der Waals surface area contributed by atoms with Crippen LogP contribution in [-0.2, 0) is 14.4 Å². The van der Waals surface area contributed by atoms with Crippen molar-refractivity contribution >= 4 is 17.4 Å². The molecule has 140 valence electrons. The standard InChI is InChI=1S/C18H30N4O3/c1-22(15-10-11-16(19)20-14-15)12-6-3-2-4-8-17(23)21-25-18-9-5-7-13-24-18/h10-11,14,18H,2-9,12-13H2,1H3,(H2,19,20)(H,21,23). The molecule has 0 bridgehead atoms. The van der Waals surface area contributed by atoms with E-state index in [1.54, 1.807) is 6.20 Å². The molecule has 1 aromatic heterocycles. The number of hydrogen-bond acceptors (Lipinski definition) is 6. The summed E-state index contributed by atoms with van der Waals surface area (Å²) in [6.45, 7) is 1.67. The van der Waals surface area contributed by atoms with Crippen molar-refractivity contribution in [1.29, 1.82) is 0 Å². The number of aromatic nitrogens is 1. The third kappa shape index (κ3) is 7.70. The van der Waals surface area contributed by atoms with Crippen LogP contribution >= 0.6 is 0 Å². The molecule has 1 amide bonds. The molecule has 25 heavy (non-hydrogen) atoms. The number of nitrogens with two attached hydrogens (primary N) is 1. The topological polar surface area (TPSA) is 89.7 Å². The summed E-state index contributed by atoms with van der Waals surface area (Å²) >= 11 is 0. The van der Waals surface area contributed by atoms with Gasteiger partial charge in [-0.05, 0) is 37.8 Å². The molecule has 1 aliphatic rings. The molecule has 1 saturated heterocycles. The van der Waals surface area contributed by atoms with Gasteiger partial charge in [-0.1, -0.05) is 12.8 Å². The Kier molecular flexibility index (Phi) is 8.48. The van der Waals surface area contributed by atoms with Gasteiger partial charge >= 0.3 is 0 Å². The average Bonchev–Trinajstić information content (AvgIpc) is 2.64. The Morgan fingerprint density at radius 3 is 2.92 bits per heavy atom. The summed E-state index contributed by atoms with van der Waals surface area (Å²) in [7, 11) is 2.05. The van der Waals surface area contributed by atoms with Gasteiger partial charge in [-0.15, -0.1) is 0 Å². The van der Waals surface area contributed by atoms with Crippen LogP contribution in [0.1, 0.15) is 51.4 Å². The summed E-state index contributed by atoms with van der Waals surface area (Å²) in [6, 6.07) is 3.79. The molecule has 7 nitrogen and oxygen atoms in total. The third-order valence-electron chi connectivity index (χ3n) is 4.30. The molecule has 2 heterocycles. The number of amides is 1. The normalized spacial score (nSPS) is 17.2. The monoisotopic (exact) mass is 350 g/mol. The summed E-state index contributed by atoms with van der Waals surface area (Å²) in [4.78, 5) is 23.3. The first-order valence-electron chi connectivity index (χ1n) is 9.14. The highest BCUT2D eigenvalue weighted by molar-refractivity contribution is 5.74. The fourth-order valence-electron chi connectivity index (χ4n) is 2.73. The molecule has 1 fully saturated rings. The summed E-state index contributed by atoms with van der Waals surface area (Å²) in [5.74, 6) is 0.466. The zero-order valence-corrected chi connectivity index (χ0v) is 15.1. The molecule has 0 spiro atoms. The minimum absolute atomic E-state index is 0.0701. The van der Waals surface area contributed by atoms with Crippen LogP contribution < -0.4 is 16.1 Å². The number of carbonyl (C=O) groups excluding carboxylic acids is 1. The van der Waals surface area contributed by atoms with E-state index in [1.165, 1.54) is 0 Å². The van der Waals surface area contributed by atoms with E-state index in [-0.39, 0.29) is 12.2 Å². The molecule has 0 aliphatic carbocycles. The molecule has 1 atom stereocenters. The van der Waals surface area contributed by atoms with Gasteiger partial charge in [0, 0.05) is 33.0 Å². The van der Waals surface area contributed by atoms with Crippen molar-refractivity contribution in [3.63, 3.8) is 0 Å². The molecule has 3 N–H and O–H groups in total. The van der Waals surface area contributed by atoms with Crippen molar-refractivity contribution in [1.82, 2.24) is 10.5 Å².